The Bertz CT molecular complexity index is 680. The third kappa shape index (κ3) is 4.33. The molecule has 1 aliphatic rings. The monoisotopic (exact) mass is 360 g/mol. The van der Waals surface area contributed by atoms with Crippen molar-refractivity contribution in [3.63, 3.8) is 0 Å². The first-order valence-corrected chi connectivity index (χ1v) is 10.0. The molecule has 0 bridgehead atoms. The van der Waals surface area contributed by atoms with Crippen LogP contribution in [0.25, 0.3) is 10.6 Å². The van der Waals surface area contributed by atoms with E-state index in [2.05, 4.69) is 17.2 Å². The first-order chi connectivity index (χ1) is 12.2. The normalized spacial score (nSPS) is 15.5. The number of benzene rings is 1. The van der Waals surface area contributed by atoms with Crippen molar-refractivity contribution in [2.24, 2.45) is 0 Å². The summed E-state index contributed by atoms with van der Waals surface area (Å²) in [6.45, 7) is 4.29. The van der Waals surface area contributed by atoms with Gasteiger partial charge in [0.2, 0.25) is 0 Å². The van der Waals surface area contributed by atoms with E-state index in [-0.39, 0.29) is 0 Å². The molecule has 2 aromatic rings. The summed E-state index contributed by atoms with van der Waals surface area (Å²) in [5.41, 5.74) is 2.19. The van der Waals surface area contributed by atoms with E-state index >= 15 is 0 Å². The van der Waals surface area contributed by atoms with E-state index in [0.717, 1.165) is 46.9 Å². The highest BCUT2D eigenvalue weighted by atomic mass is 32.1. The number of rotatable bonds is 7. The SMILES string of the molecule is CCN(Cc1csc(-c2ccc(OC)cc2OC)n1)C1CCCCC1. The molecule has 0 unspecified atom stereocenters. The van der Waals surface area contributed by atoms with Crippen molar-refractivity contribution in [1.82, 2.24) is 9.88 Å². The molecule has 0 N–H and O–H groups in total. The van der Waals surface area contributed by atoms with Gasteiger partial charge in [-0.3, -0.25) is 4.90 Å². The van der Waals surface area contributed by atoms with Crippen molar-refractivity contribution in [3.05, 3.63) is 29.3 Å². The van der Waals surface area contributed by atoms with Gasteiger partial charge < -0.3 is 9.47 Å². The smallest absolute Gasteiger partial charge is 0.132 e. The molecule has 5 heteroatoms. The fourth-order valence-electron chi connectivity index (χ4n) is 3.63. The lowest BCUT2D eigenvalue weighted by Crippen LogP contribution is -2.36. The van der Waals surface area contributed by atoms with Gasteiger partial charge in [-0.15, -0.1) is 11.3 Å². The Morgan fingerprint density at radius 1 is 1.16 bits per heavy atom. The number of hydrogen-bond acceptors (Lipinski definition) is 5. The number of ether oxygens (including phenoxy) is 2. The van der Waals surface area contributed by atoms with Crippen LogP contribution in [0, 0.1) is 0 Å². The highest BCUT2D eigenvalue weighted by Crippen LogP contribution is 2.35. The Morgan fingerprint density at radius 2 is 1.96 bits per heavy atom. The van der Waals surface area contributed by atoms with E-state index in [1.807, 2.05) is 18.2 Å². The van der Waals surface area contributed by atoms with Gasteiger partial charge in [-0.05, 0) is 31.5 Å². The Hall–Kier alpha value is -1.59. The van der Waals surface area contributed by atoms with Crippen LogP contribution in [-0.4, -0.2) is 36.7 Å². The first kappa shape index (κ1) is 18.2. The minimum atomic E-state index is 0.722. The molecule has 1 aromatic heterocycles. The van der Waals surface area contributed by atoms with Gasteiger partial charge in [-0.25, -0.2) is 4.98 Å². The first-order valence-electron chi connectivity index (χ1n) is 9.16. The van der Waals surface area contributed by atoms with Crippen molar-refractivity contribution in [1.29, 1.82) is 0 Å². The maximum Gasteiger partial charge on any atom is 0.132 e. The lowest BCUT2D eigenvalue weighted by molar-refractivity contribution is 0.154. The second-order valence-corrected chi connectivity index (χ2v) is 7.42. The molecule has 1 aliphatic carbocycles. The van der Waals surface area contributed by atoms with Gasteiger partial charge in [-0.1, -0.05) is 26.2 Å². The number of aromatic nitrogens is 1. The van der Waals surface area contributed by atoms with Crippen molar-refractivity contribution >= 4 is 11.3 Å². The maximum absolute atomic E-state index is 5.53. The summed E-state index contributed by atoms with van der Waals surface area (Å²) in [7, 11) is 3.36. The number of hydrogen-bond donors (Lipinski definition) is 0. The maximum atomic E-state index is 5.53. The summed E-state index contributed by atoms with van der Waals surface area (Å²) in [6, 6.07) is 6.62. The Kier molecular flexibility index (Phi) is 6.32. The van der Waals surface area contributed by atoms with Crippen LogP contribution >= 0.6 is 11.3 Å². The fraction of sp³-hybridized carbons (Fsp3) is 0.550. The average Bonchev–Trinajstić information content (AvgIpc) is 3.14. The molecule has 25 heavy (non-hydrogen) atoms. The Morgan fingerprint density at radius 3 is 2.64 bits per heavy atom. The largest absolute Gasteiger partial charge is 0.497 e. The van der Waals surface area contributed by atoms with E-state index in [9.17, 15) is 0 Å². The van der Waals surface area contributed by atoms with Crippen molar-refractivity contribution in [3.8, 4) is 22.1 Å². The van der Waals surface area contributed by atoms with Crippen LogP contribution in [0.2, 0.25) is 0 Å². The molecule has 1 aromatic carbocycles. The molecule has 136 valence electrons. The molecule has 1 heterocycles. The van der Waals surface area contributed by atoms with Crippen molar-refractivity contribution in [2.45, 2.75) is 51.6 Å². The number of methoxy groups -OCH3 is 2. The molecular formula is C20H28N2O2S. The van der Waals surface area contributed by atoms with Crippen LogP contribution < -0.4 is 9.47 Å². The average molecular weight is 361 g/mol. The summed E-state index contributed by atoms with van der Waals surface area (Å²) < 4.78 is 10.8. The zero-order valence-corrected chi connectivity index (χ0v) is 16.3. The molecule has 0 atom stereocenters. The molecule has 3 rings (SSSR count). The van der Waals surface area contributed by atoms with Gasteiger partial charge in [0.05, 0.1) is 25.5 Å². The van der Waals surface area contributed by atoms with Crippen LogP contribution in [0.4, 0.5) is 0 Å². The minimum absolute atomic E-state index is 0.722. The summed E-state index contributed by atoms with van der Waals surface area (Å²) in [6.07, 6.45) is 6.79. The van der Waals surface area contributed by atoms with Gasteiger partial charge in [0.1, 0.15) is 16.5 Å². The van der Waals surface area contributed by atoms with Gasteiger partial charge in [-0.2, -0.15) is 0 Å². The highest BCUT2D eigenvalue weighted by molar-refractivity contribution is 7.13. The molecule has 1 saturated carbocycles. The molecule has 4 nitrogen and oxygen atoms in total. The molecule has 0 amide bonds. The fourth-order valence-corrected chi connectivity index (χ4v) is 4.47. The van der Waals surface area contributed by atoms with Crippen LogP contribution in [0.15, 0.2) is 23.6 Å². The van der Waals surface area contributed by atoms with E-state index < -0.39 is 0 Å². The number of thiazole rings is 1. The van der Waals surface area contributed by atoms with Gasteiger partial charge >= 0.3 is 0 Å². The molecule has 0 saturated heterocycles. The van der Waals surface area contributed by atoms with Gasteiger partial charge in [0.25, 0.3) is 0 Å². The number of nitrogens with zero attached hydrogens (tertiary/aromatic N) is 2. The lowest BCUT2D eigenvalue weighted by atomic mass is 9.94. The summed E-state index contributed by atoms with van der Waals surface area (Å²) in [4.78, 5) is 7.47. The predicted molar refractivity (Wildman–Crippen MR) is 104 cm³/mol. The third-order valence-corrected chi connectivity index (χ3v) is 5.98. The Labute approximate surface area is 154 Å². The van der Waals surface area contributed by atoms with Crippen LogP contribution in [0.1, 0.15) is 44.7 Å². The Balaban J connectivity index is 1.75. The van der Waals surface area contributed by atoms with E-state index in [1.165, 1.54) is 32.1 Å². The van der Waals surface area contributed by atoms with E-state index in [0.29, 0.717) is 0 Å². The lowest BCUT2D eigenvalue weighted by Gasteiger charge is -2.33. The quantitative estimate of drug-likeness (QED) is 0.697. The summed E-state index contributed by atoms with van der Waals surface area (Å²) in [5.74, 6) is 1.60. The zero-order chi connectivity index (χ0) is 17.6. The van der Waals surface area contributed by atoms with Gasteiger partial charge in [0.15, 0.2) is 0 Å². The second kappa shape index (κ2) is 8.68. The minimum Gasteiger partial charge on any atom is -0.497 e. The van der Waals surface area contributed by atoms with Crippen LogP contribution in [0.3, 0.4) is 0 Å². The highest BCUT2D eigenvalue weighted by Gasteiger charge is 2.21. The van der Waals surface area contributed by atoms with Crippen molar-refractivity contribution in [2.75, 3.05) is 20.8 Å². The molecule has 0 radical (unpaired) electrons. The molecule has 0 aliphatic heterocycles. The third-order valence-electron chi connectivity index (χ3n) is 5.05. The summed E-state index contributed by atoms with van der Waals surface area (Å²) in [5, 5.41) is 3.19. The standard InChI is InChI=1S/C20H28N2O2S/c1-4-22(16-8-6-5-7-9-16)13-15-14-25-20(21-15)18-11-10-17(23-2)12-19(18)24-3/h10-12,14,16H,4-9,13H2,1-3H3. The molecule has 1 fully saturated rings. The van der Waals surface area contributed by atoms with E-state index in [1.54, 1.807) is 25.6 Å². The van der Waals surface area contributed by atoms with Crippen LogP contribution in [0.5, 0.6) is 11.5 Å². The van der Waals surface area contributed by atoms with Crippen molar-refractivity contribution < 1.29 is 9.47 Å². The predicted octanol–water partition coefficient (Wildman–Crippen LogP) is 4.98. The zero-order valence-electron chi connectivity index (χ0n) is 15.5. The molecular weight excluding hydrogens is 332 g/mol. The van der Waals surface area contributed by atoms with Crippen LogP contribution in [-0.2, 0) is 6.54 Å². The second-order valence-electron chi connectivity index (χ2n) is 6.57. The topological polar surface area (TPSA) is 34.6 Å². The van der Waals surface area contributed by atoms with Gasteiger partial charge in [0, 0.05) is 24.0 Å². The molecule has 0 spiro atoms. The summed E-state index contributed by atoms with van der Waals surface area (Å²) >= 11 is 1.69. The van der Waals surface area contributed by atoms with E-state index in [4.69, 9.17) is 14.5 Å².